The Morgan fingerprint density at radius 2 is 1.60 bits per heavy atom. The highest BCUT2D eigenvalue weighted by atomic mass is 14.9. The first-order valence-corrected chi connectivity index (χ1v) is 7.26. The smallest absolute Gasteiger partial charge is 0.0636 e. The van der Waals surface area contributed by atoms with E-state index in [0.717, 1.165) is 12.1 Å². The van der Waals surface area contributed by atoms with E-state index in [1.54, 1.807) is 0 Å². The van der Waals surface area contributed by atoms with Gasteiger partial charge in [-0.2, -0.15) is 0 Å². The lowest BCUT2D eigenvalue weighted by atomic mass is 10.0. The summed E-state index contributed by atoms with van der Waals surface area (Å²) in [6.45, 7) is 6.99. The summed E-state index contributed by atoms with van der Waals surface area (Å²) in [5.41, 5.74) is 12.2. The summed E-state index contributed by atoms with van der Waals surface area (Å²) >= 11 is 0. The van der Waals surface area contributed by atoms with E-state index in [4.69, 9.17) is 5.73 Å². The Bertz CT molecular complexity index is 538. The van der Waals surface area contributed by atoms with E-state index >= 15 is 0 Å². The quantitative estimate of drug-likeness (QED) is 0.861. The first-order valence-electron chi connectivity index (χ1n) is 7.26. The van der Waals surface area contributed by atoms with Crippen molar-refractivity contribution in [3.05, 3.63) is 64.7 Å². The number of hydrogen-bond acceptors (Lipinski definition) is 2. The molecule has 2 nitrogen and oxygen atoms in total. The number of nitrogens with one attached hydrogen (secondary N) is 1. The molecular formula is C18H24N2. The Balaban J connectivity index is 2.19. The lowest BCUT2D eigenvalue weighted by Gasteiger charge is -2.19. The largest absolute Gasteiger partial charge is 0.377 e. The molecule has 2 rings (SSSR count). The van der Waals surface area contributed by atoms with Crippen LogP contribution in [0.5, 0.6) is 0 Å². The zero-order valence-corrected chi connectivity index (χ0v) is 12.6. The first-order chi connectivity index (χ1) is 9.62. The van der Waals surface area contributed by atoms with Gasteiger partial charge >= 0.3 is 0 Å². The zero-order valence-electron chi connectivity index (χ0n) is 12.6. The van der Waals surface area contributed by atoms with Crippen LogP contribution in [0.1, 0.15) is 35.2 Å². The monoisotopic (exact) mass is 268 g/mol. The molecule has 2 aromatic rings. The first kappa shape index (κ1) is 14.6. The summed E-state index contributed by atoms with van der Waals surface area (Å²) in [5.74, 6) is 0. The van der Waals surface area contributed by atoms with Crippen molar-refractivity contribution in [2.45, 2.75) is 33.2 Å². The zero-order chi connectivity index (χ0) is 14.5. The summed E-state index contributed by atoms with van der Waals surface area (Å²) in [6.07, 6.45) is 1.07. The Labute approximate surface area is 122 Å². The number of benzene rings is 2. The Hall–Kier alpha value is -1.80. The highest BCUT2D eigenvalue weighted by Crippen LogP contribution is 2.21. The molecule has 0 aromatic heterocycles. The molecule has 2 aromatic carbocycles. The molecule has 0 heterocycles. The average molecular weight is 268 g/mol. The molecule has 0 spiro atoms. The molecule has 106 valence electrons. The van der Waals surface area contributed by atoms with Gasteiger partial charge in [-0.15, -0.1) is 0 Å². The Morgan fingerprint density at radius 1 is 1.00 bits per heavy atom. The van der Waals surface area contributed by atoms with Crippen molar-refractivity contribution >= 4 is 5.69 Å². The molecule has 0 amide bonds. The van der Waals surface area contributed by atoms with Gasteiger partial charge in [-0.25, -0.2) is 0 Å². The molecule has 3 N–H and O–H groups in total. The molecular weight excluding hydrogens is 244 g/mol. The van der Waals surface area contributed by atoms with E-state index < -0.39 is 0 Å². The third-order valence-electron chi connectivity index (χ3n) is 3.59. The molecule has 0 bridgehead atoms. The van der Waals surface area contributed by atoms with E-state index in [-0.39, 0.29) is 6.04 Å². The molecule has 0 saturated carbocycles. The van der Waals surface area contributed by atoms with Crippen LogP contribution in [0.3, 0.4) is 0 Å². The minimum absolute atomic E-state index is 0.155. The molecule has 0 saturated heterocycles. The normalized spacial score (nSPS) is 12.2. The van der Waals surface area contributed by atoms with Crippen LogP contribution in [-0.2, 0) is 6.42 Å². The van der Waals surface area contributed by atoms with E-state index in [9.17, 15) is 0 Å². The van der Waals surface area contributed by atoms with E-state index in [0.29, 0.717) is 6.54 Å². The molecule has 1 atom stereocenters. The average Bonchev–Trinajstić information content (AvgIpc) is 2.44. The van der Waals surface area contributed by atoms with Crippen LogP contribution in [0.2, 0.25) is 0 Å². The third kappa shape index (κ3) is 3.61. The van der Waals surface area contributed by atoms with Crippen molar-refractivity contribution in [1.29, 1.82) is 0 Å². The predicted molar refractivity (Wildman–Crippen MR) is 87.2 cm³/mol. The predicted octanol–water partition coefficient (Wildman–Crippen LogP) is 3.98. The second-order valence-corrected chi connectivity index (χ2v) is 5.40. The van der Waals surface area contributed by atoms with Crippen LogP contribution in [0.15, 0.2) is 42.5 Å². The number of hydrogen-bond donors (Lipinski definition) is 2. The van der Waals surface area contributed by atoms with Gasteiger partial charge in [-0.3, -0.25) is 0 Å². The van der Waals surface area contributed by atoms with Crippen molar-refractivity contribution in [2.75, 3.05) is 11.9 Å². The van der Waals surface area contributed by atoms with Crippen molar-refractivity contribution in [3.8, 4) is 0 Å². The molecule has 0 fully saturated rings. The van der Waals surface area contributed by atoms with E-state index in [2.05, 4.69) is 68.6 Å². The van der Waals surface area contributed by atoms with Gasteiger partial charge in [0.15, 0.2) is 0 Å². The number of anilines is 1. The summed E-state index contributed by atoms with van der Waals surface area (Å²) in [4.78, 5) is 0. The van der Waals surface area contributed by atoms with Crippen LogP contribution >= 0.6 is 0 Å². The van der Waals surface area contributed by atoms with Gasteiger partial charge in [0.2, 0.25) is 0 Å². The van der Waals surface area contributed by atoms with Gasteiger partial charge < -0.3 is 11.1 Å². The second kappa shape index (κ2) is 6.58. The number of nitrogens with two attached hydrogens (primary N) is 1. The fourth-order valence-electron chi connectivity index (χ4n) is 2.52. The molecule has 0 aliphatic heterocycles. The number of rotatable bonds is 5. The summed E-state index contributed by atoms with van der Waals surface area (Å²) in [5, 5.41) is 3.54. The maximum Gasteiger partial charge on any atom is 0.0636 e. The molecule has 2 heteroatoms. The standard InChI is InChI=1S/C18H24N2/c1-4-15-5-7-16(8-6-15)18(12-19)20-17-10-13(2)9-14(3)11-17/h5-11,18,20H,4,12,19H2,1-3H3. The highest BCUT2D eigenvalue weighted by Gasteiger charge is 2.09. The van der Waals surface area contributed by atoms with Crippen LogP contribution in [0.25, 0.3) is 0 Å². The molecule has 0 radical (unpaired) electrons. The third-order valence-corrected chi connectivity index (χ3v) is 3.59. The highest BCUT2D eigenvalue weighted by molar-refractivity contribution is 5.50. The molecule has 1 unspecified atom stereocenters. The van der Waals surface area contributed by atoms with E-state index in [1.165, 1.54) is 22.3 Å². The molecule has 20 heavy (non-hydrogen) atoms. The fourth-order valence-corrected chi connectivity index (χ4v) is 2.52. The lowest BCUT2D eigenvalue weighted by molar-refractivity contribution is 0.789. The van der Waals surface area contributed by atoms with Gasteiger partial charge in [0.05, 0.1) is 6.04 Å². The van der Waals surface area contributed by atoms with Gasteiger partial charge in [-0.1, -0.05) is 37.3 Å². The summed E-state index contributed by atoms with van der Waals surface area (Å²) < 4.78 is 0. The van der Waals surface area contributed by atoms with Gasteiger partial charge in [0.25, 0.3) is 0 Å². The second-order valence-electron chi connectivity index (χ2n) is 5.40. The van der Waals surface area contributed by atoms with Gasteiger partial charge in [0, 0.05) is 12.2 Å². The van der Waals surface area contributed by atoms with Crippen molar-refractivity contribution in [2.24, 2.45) is 5.73 Å². The number of aryl methyl sites for hydroxylation is 3. The SMILES string of the molecule is CCc1ccc(C(CN)Nc2cc(C)cc(C)c2)cc1. The summed E-state index contributed by atoms with van der Waals surface area (Å²) in [6, 6.07) is 15.4. The summed E-state index contributed by atoms with van der Waals surface area (Å²) in [7, 11) is 0. The van der Waals surface area contributed by atoms with Gasteiger partial charge in [-0.05, 0) is 54.7 Å². The topological polar surface area (TPSA) is 38.0 Å². The van der Waals surface area contributed by atoms with Crippen LogP contribution in [0, 0.1) is 13.8 Å². The Morgan fingerprint density at radius 3 is 2.10 bits per heavy atom. The minimum Gasteiger partial charge on any atom is -0.377 e. The van der Waals surface area contributed by atoms with Crippen LogP contribution < -0.4 is 11.1 Å². The Kier molecular flexibility index (Phi) is 4.80. The van der Waals surface area contributed by atoms with Crippen LogP contribution in [-0.4, -0.2) is 6.54 Å². The van der Waals surface area contributed by atoms with Gasteiger partial charge in [0.1, 0.15) is 0 Å². The minimum atomic E-state index is 0.155. The lowest BCUT2D eigenvalue weighted by Crippen LogP contribution is -2.20. The van der Waals surface area contributed by atoms with Crippen molar-refractivity contribution < 1.29 is 0 Å². The van der Waals surface area contributed by atoms with Crippen molar-refractivity contribution in [3.63, 3.8) is 0 Å². The fraction of sp³-hybridized carbons (Fsp3) is 0.333. The van der Waals surface area contributed by atoms with Crippen LogP contribution in [0.4, 0.5) is 5.69 Å². The maximum atomic E-state index is 5.94. The van der Waals surface area contributed by atoms with Crippen molar-refractivity contribution in [1.82, 2.24) is 0 Å². The molecule has 0 aliphatic carbocycles. The maximum absolute atomic E-state index is 5.94. The molecule has 0 aliphatic rings. The van der Waals surface area contributed by atoms with E-state index in [1.807, 2.05) is 0 Å².